The van der Waals surface area contributed by atoms with Crippen LogP contribution in [0.25, 0.3) is 10.9 Å². The fraction of sp³-hybridized carbons (Fsp3) is 0.444. The highest BCUT2D eigenvalue weighted by Crippen LogP contribution is 2.40. The number of ether oxygens (including phenoxy) is 1. The van der Waals surface area contributed by atoms with Crippen LogP contribution in [0.3, 0.4) is 0 Å². The Morgan fingerprint density at radius 3 is 2.59 bits per heavy atom. The molecule has 0 spiro atoms. The fourth-order valence-electron chi connectivity index (χ4n) is 3.39. The number of aromatic nitrogens is 1. The van der Waals surface area contributed by atoms with Gasteiger partial charge >= 0.3 is 0 Å². The molecule has 2 N–H and O–H groups in total. The zero-order valence-corrected chi connectivity index (χ0v) is 13.1. The zero-order valence-electron chi connectivity index (χ0n) is 13.1. The third-order valence-corrected chi connectivity index (χ3v) is 4.78. The number of benzene rings is 1. The molecule has 0 radical (unpaired) electrons. The molecule has 0 bridgehead atoms. The molecule has 4 heteroatoms. The summed E-state index contributed by atoms with van der Waals surface area (Å²) in [4.78, 5) is 15.9. The number of nitrogens with zero attached hydrogens (tertiary/aromatic N) is 1. The highest BCUT2D eigenvalue weighted by atomic mass is 16.5. The summed E-state index contributed by atoms with van der Waals surface area (Å²) in [6.07, 6.45) is 6.36. The average Bonchev–Trinajstić information content (AvgIpc) is 2.54. The summed E-state index contributed by atoms with van der Waals surface area (Å²) in [7, 11) is 1.67. The maximum atomic E-state index is 11.5. The third-order valence-electron chi connectivity index (χ3n) is 4.78. The summed E-state index contributed by atoms with van der Waals surface area (Å²) in [5.74, 6) is 1.68. The van der Waals surface area contributed by atoms with E-state index in [1.54, 1.807) is 7.11 Å². The Morgan fingerprint density at radius 1 is 1.23 bits per heavy atom. The van der Waals surface area contributed by atoms with Gasteiger partial charge in [-0.3, -0.25) is 9.78 Å². The lowest BCUT2D eigenvalue weighted by Crippen LogP contribution is -2.13. The van der Waals surface area contributed by atoms with E-state index in [9.17, 15) is 4.79 Å². The molecule has 1 aromatic heterocycles. The summed E-state index contributed by atoms with van der Waals surface area (Å²) in [6.45, 7) is 2.31. The number of nitrogens with two attached hydrogens (primary N) is 1. The van der Waals surface area contributed by atoms with Crippen LogP contribution in [0, 0.1) is 5.92 Å². The van der Waals surface area contributed by atoms with Crippen LogP contribution in [-0.4, -0.2) is 18.0 Å². The lowest BCUT2D eigenvalue weighted by Gasteiger charge is -2.27. The van der Waals surface area contributed by atoms with E-state index in [2.05, 4.69) is 18.0 Å². The van der Waals surface area contributed by atoms with Crippen molar-refractivity contribution < 1.29 is 9.53 Å². The van der Waals surface area contributed by atoms with Crippen molar-refractivity contribution in [3.05, 3.63) is 35.5 Å². The fourth-order valence-corrected chi connectivity index (χ4v) is 3.39. The van der Waals surface area contributed by atoms with Gasteiger partial charge in [-0.25, -0.2) is 0 Å². The molecule has 1 aliphatic carbocycles. The maximum Gasteiger partial charge on any atom is 0.250 e. The highest BCUT2D eigenvalue weighted by molar-refractivity contribution is 5.97. The van der Waals surface area contributed by atoms with Gasteiger partial charge in [0.15, 0.2) is 0 Å². The van der Waals surface area contributed by atoms with Crippen molar-refractivity contribution in [2.45, 2.75) is 38.5 Å². The molecule has 1 aliphatic rings. The summed E-state index contributed by atoms with van der Waals surface area (Å²) >= 11 is 0. The summed E-state index contributed by atoms with van der Waals surface area (Å²) in [5, 5.41) is 1.02. The van der Waals surface area contributed by atoms with E-state index in [1.807, 2.05) is 12.1 Å². The van der Waals surface area contributed by atoms with Gasteiger partial charge in [0.2, 0.25) is 5.91 Å². The number of amides is 1. The third kappa shape index (κ3) is 2.78. The largest absolute Gasteiger partial charge is 0.497 e. The van der Waals surface area contributed by atoms with E-state index in [-0.39, 0.29) is 0 Å². The maximum absolute atomic E-state index is 11.5. The monoisotopic (exact) mass is 298 g/mol. The Kier molecular flexibility index (Phi) is 4.01. The van der Waals surface area contributed by atoms with Crippen molar-refractivity contribution in [1.82, 2.24) is 4.98 Å². The number of methoxy groups -OCH3 is 1. The predicted molar refractivity (Wildman–Crippen MR) is 87.2 cm³/mol. The molecule has 0 atom stereocenters. The van der Waals surface area contributed by atoms with E-state index in [4.69, 9.17) is 10.5 Å². The molecule has 116 valence electrons. The van der Waals surface area contributed by atoms with Gasteiger partial charge in [-0.15, -0.1) is 0 Å². The molecule has 0 unspecified atom stereocenters. The summed E-state index contributed by atoms with van der Waals surface area (Å²) < 4.78 is 5.42. The Labute approximate surface area is 130 Å². The second-order valence-corrected chi connectivity index (χ2v) is 6.33. The van der Waals surface area contributed by atoms with Crippen LogP contribution >= 0.6 is 0 Å². The Bertz CT molecular complexity index is 704. The van der Waals surface area contributed by atoms with Crippen molar-refractivity contribution in [1.29, 1.82) is 0 Å². The van der Waals surface area contributed by atoms with Gasteiger partial charge in [0.25, 0.3) is 0 Å². The van der Waals surface area contributed by atoms with Crippen molar-refractivity contribution in [3.8, 4) is 5.75 Å². The predicted octanol–water partition coefficient (Wildman–Crippen LogP) is 3.64. The first-order valence-corrected chi connectivity index (χ1v) is 7.86. The first kappa shape index (κ1) is 14.8. The topological polar surface area (TPSA) is 65.2 Å². The average molecular weight is 298 g/mol. The Morgan fingerprint density at radius 2 is 1.95 bits per heavy atom. The minimum absolute atomic E-state index is 0.437. The minimum Gasteiger partial charge on any atom is -0.497 e. The summed E-state index contributed by atoms with van der Waals surface area (Å²) in [6, 6.07) is 5.88. The number of fused-ring (bicyclic) bond motifs is 1. The van der Waals surface area contributed by atoms with Gasteiger partial charge in [-0.1, -0.05) is 19.8 Å². The molecule has 0 saturated heterocycles. The molecule has 0 aliphatic heterocycles. The van der Waals surface area contributed by atoms with E-state index in [0.29, 0.717) is 11.5 Å². The molecular weight excluding hydrogens is 276 g/mol. The molecule has 1 saturated carbocycles. The van der Waals surface area contributed by atoms with Crippen LogP contribution in [-0.2, 0) is 0 Å². The van der Waals surface area contributed by atoms with Crippen LogP contribution in [0.4, 0.5) is 0 Å². The first-order valence-electron chi connectivity index (χ1n) is 7.86. The SMILES string of the molecule is COc1cc(C2CCC(C)CC2)c2cc(C(N)=O)cnc2c1. The van der Waals surface area contributed by atoms with Gasteiger partial charge in [0.1, 0.15) is 5.75 Å². The number of primary amides is 1. The smallest absolute Gasteiger partial charge is 0.250 e. The van der Waals surface area contributed by atoms with Crippen molar-refractivity contribution in [2.24, 2.45) is 11.7 Å². The molecule has 1 aromatic carbocycles. The molecule has 22 heavy (non-hydrogen) atoms. The highest BCUT2D eigenvalue weighted by Gasteiger charge is 2.22. The number of carbonyl (C=O) groups is 1. The molecule has 4 nitrogen and oxygen atoms in total. The zero-order chi connectivity index (χ0) is 15.7. The Hall–Kier alpha value is -2.10. The lowest BCUT2D eigenvalue weighted by molar-refractivity contribution is 0.1000. The number of hydrogen-bond acceptors (Lipinski definition) is 3. The van der Waals surface area contributed by atoms with Crippen LogP contribution in [0.1, 0.15) is 54.4 Å². The van der Waals surface area contributed by atoms with Gasteiger partial charge in [-0.05, 0) is 42.4 Å². The molecular formula is C18H22N2O2. The van der Waals surface area contributed by atoms with E-state index >= 15 is 0 Å². The molecule has 1 heterocycles. The van der Waals surface area contributed by atoms with Crippen molar-refractivity contribution >= 4 is 16.8 Å². The number of pyridine rings is 1. The summed E-state index contributed by atoms with van der Waals surface area (Å²) in [5.41, 5.74) is 7.96. The minimum atomic E-state index is -0.437. The second kappa shape index (κ2) is 5.95. The lowest BCUT2D eigenvalue weighted by atomic mass is 9.78. The van der Waals surface area contributed by atoms with Crippen molar-refractivity contribution in [3.63, 3.8) is 0 Å². The van der Waals surface area contributed by atoms with Crippen LogP contribution in [0.15, 0.2) is 24.4 Å². The van der Waals surface area contributed by atoms with Gasteiger partial charge < -0.3 is 10.5 Å². The number of rotatable bonds is 3. The van der Waals surface area contributed by atoms with Crippen molar-refractivity contribution in [2.75, 3.05) is 7.11 Å². The normalized spacial score (nSPS) is 21.7. The van der Waals surface area contributed by atoms with E-state index < -0.39 is 5.91 Å². The molecule has 2 aromatic rings. The molecule has 1 fully saturated rings. The van der Waals surface area contributed by atoms with Crippen LogP contribution < -0.4 is 10.5 Å². The second-order valence-electron chi connectivity index (χ2n) is 6.33. The first-order chi connectivity index (χ1) is 10.6. The van der Waals surface area contributed by atoms with E-state index in [1.165, 1.54) is 37.4 Å². The number of carbonyl (C=O) groups excluding carboxylic acids is 1. The standard InChI is InChI=1S/C18H22N2O2/c1-11-3-5-12(6-4-11)15-8-14(22-2)9-17-16(15)7-13(10-20-17)18(19)21/h7-12H,3-6H2,1-2H3,(H2,19,21). The van der Waals surface area contributed by atoms with Gasteiger partial charge in [0.05, 0.1) is 18.2 Å². The van der Waals surface area contributed by atoms with Crippen LogP contribution in [0.2, 0.25) is 0 Å². The molecule has 3 rings (SSSR count). The van der Waals surface area contributed by atoms with E-state index in [0.717, 1.165) is 22.6 Å². The Balaban J connectivity index is 2.12. The van der Waals surface area contributed by atoms with Gasteiger partial charge in [0, 0.05) is 17.6 Å². The quantitative estimate of drug-likeness (QED) is 0.941. The van der Waals surface area contributed by atoms with Gasteiger partial charge in [-0.2, -0.15) is 0 Å². The number of hydrogen-bond donors (Lipinski definition) is 1. The van der Waals surface area contributed by atoms with Crippen LogP contribution in [0.5, 0.6) is 5.75 Å². The molecule has 1 amide bonds.